The number of amides is 3. The first kappa shape index (κ1) is 38.5. The van der Waals surface area contributed by atoms with E-state index in [2.05, 4.69) is 62.7 Å². The van der Waals surface area contributed by atoms with Crippen LogP contribution in [0.3, 0.4) is 0 Å². The lowest BCUT2D eigenvalue weighted by atomic mass is 9.98. The Hall–Kier alpha value is -6.41. The smallest absolute Gasteiger partial charge is 0.407 e. The molecule has 0 unspecified atom stereocenters. The summed E-state index contributed by atoms with van der Waals surface area (Å²) < 4.78 is 30.6. The van der Waals surface area contributed by atoms with Gasteiger partial charge in [-0.25, -0.2) is 23.5 Å². The fourth-order valence-electron chi connectivity index (χ4n) is 8.15. The van der Waals surface area contributed by atoms with Gasteiger partial charge in [-0.2, -0.15) is 0 Å². The lowest BCUT2D eigenvalue weighted by molar-refractivity contribution is -0.135. The van der Waals surface area contributed by atoms with Gasteiger partial charge in [-0.3, -0.25) is 9.59 Å². The molecule has 0 aliphatic carbocycles. The molecule has 2 aliphatic heterocycles. The van der Waals surface area contributed by atoms with Crippen molar-refractivity contribution in [2.45, 2.75) is 62.7 Å². The van der Waals surface area contributed by atoms with Crippen LogP contribution in [0.25, 0.3) is 44.4 Å². The number of nitrogens with zero attached hydrogens (tertiary/aromatic N) is 4. The van der Waals surface area contributed by atoms with Crippen LogP contribution in [0, 0.1) is 0 Å². The highest BCUT2D eigenvalue weighted by atomic mass is 19.3. The molecule has 0 saturated carbocycles. The average molecular weight is 787 g/mol. The molecule has 2 fully saturated rings. The Kier molecular flexibility index (Phi) is 11.0. The number of nitrogens with two attached hydrogens (primary N) is 1. The Morgan fingerprint density at radius 3 is 1.90 bits per heavy atom. The van der Waals surface area contributed by atoms with Crippen molar-refractivity contribution in [1.29, 1.82) is 0 Å². The number of aromatic nitrogens is 4. The number of carbonyl (C=O) groups is 3. The largest absolute Gasteiger partial charge is 0.453 e. The molecule has 8 rings (SSSR count). The molecule has 4 aromatic carbocycles. The van der Waals surface area contributed by atoms with Crippen molar-refractivity contribution in [2.24, 2.45) is 5.73 Å². The molecule has 12 nitrogen and oxygen atoms in total. The first-order valence-corrected chi connectivity index (χ1v) is 19.5. The lowest BCUT2D eigenvalue weighted by Crippen LogP contribution is -2.44. The summed E-state index contributed by atoms with van der Waals surface area (Å²) in [6, 6.07) is 27.1. The van der Waals surface area contributed by atoms with Crippen LogP contribution in [0.2, 0.25) is 0 Å². The number of aromatic amines is 2. The van der Waals surface area contributed by atoms with E-state index in [9.17, 15) is 23.2 Å². The number of hydrogen-bond acceptors (Lipinski definition) is 7. The van der Waals surface area contributed by atoms with Crippen molar-refractivity contribution >= 4 is 28.7 Å². The van der Waals surface area contributed by atoms with E-state index in [-0.39, 0.29) is 18.0 Å². The topological polar surface area (TPSA) is 162 Å². The number of nitrogens with one attached hydrogen (secondary N) is 3. The number of hydrogen-bond donors (Lipinski definition) is 4. The number of benzene rings is 4. The van der Waals surface area contributed by atoms with Crippen LogP contribution >= 0.6 is 0 Å². The fraction of sp³-hybridized carbons (Fsp3) is 0.295. The van der Waals surface area contributed by atoms with E-state index in [1.165, 1.54) is 7.11 Å². The molecule has 14 heteroatoms. The zero-order valence-electron chi connectivity index (χ0n) is 31.9. The standard InChI is InChI=1S/C44H44F2N8O4/c1-58-44(57)52-39(28-7-3-2-4-8-28)43(56)54-20-6-10-37(54)41-48-24-34(50-41)27-13-11-26(12-14-27)29-15-16-31-22-32(18-17-30(31)21-29)35-25-49-40(51-35)36-9-5-19-53(36)42(55)33(47)23-38(45)46/h2-4,7-8,11-18,21-22,24-25,33,36-39H,5-6,9-10,19-20,23,47H2,1H3,(H,48,50)(H,49,51)(H,52,57)/t33-,36-,37-,39+/m0/s1. The molecule has 0 bridgehead atoms. The Balaban J connectivity index is 0.945. The van der Waals surface area contributed by atoms with E-state index < -0.39 is 36.9 Å². The number of alkyl halides is 2. The van der Waals surface area contributed by atoms with Gasteiger partial charge in [0.15, 0.2) is 0 Å². The Morgan fingerprint density at radius 2 is 1.29 bits per heavy atom. The van der Waals surface area contributed by atoms with Gasteiger partial charge < -0.3 is 35.6 Å². The number of H-pyrrole nitrogens is 2. The molecule has 4 heterocycles. The van der Waals surface area contributed by atoms with Crippen molar-refractivity contribution in [3.63, 3.8) is 0 Å². The van der Waals surface area contributed by atoms with Gasteiger partial charge in [0.25, 0.3) is 5.91 Å². The second kappa shape index (κ2) is 16.6. The van der Waals surface area contributed by atoms with Crippen molar-refractivity contribution in [3.8, 4) is 33.6 Å². The van der Waals surface area contributed by atoms with Gasteiger partial charge in [0.05, 0.1) is 49.0 Å². The molecular formula is C44H44F2N8O4. The summed E-state index contributed by atoms with van der Waals surface area (Å²) in [6.45, 7) is 1.01. The SMILES string of the molecule is COC(=O)N[C@@H](C(=O)N1CCC[C@H]1c1ncc(-c2ccc(-c3ccc4cc(-c5cnc([C@@H]6CCCN6C(=O)[C@@H](N)CC(F)F)[nH]5)ccc4c3)cc2)[nH]1)c1ccccc1. The molecule has 2 aliphatic rings. The van der Waals surface area contributed by atoms with Gasteiger partial charge in [0.1, 0.15) is 17.7 Å². The minimum absolute atomic E-state index is 0.220. The first-order valence-electron chi connectivity index (χ1n) is 19.5. The van der Waals surface area contributed by atoms with Gasteiger partial charge in [0.2, 0.25) is 12.3 Å². The minimum Gasteiger partial charge on any atom is -0.453 e. The number of likely N-dealkylation sites (tertiary alicyclic amines) is 2. The predicted octanol–water partition coefficient (Wildman–Crippen LogP) is 7.69. The van der Waals surface area contributed by atoms with Crippen LogP contribution in [-0.4, -0.2) is 80.3 Å². The molecule has 6 aromatic rings. The third kappa shape index (κ3) is 7.92. The third-order valence-corrected chi connectivity index (χ3v) is 11.2. The summed E-state index contributed by atoms with van der Waals surface area (Å²) in [5, 5.41) is 4.82. The summed E-state index contributed by atoms with van der Waals surface area (Å²) in [6.07, 6.45) is 2.54. The van der Waals surface area contributed by atoms with Crippen LogP contribution in [-0.2, 0) is 14.3 Å². The van der Waals surface area contributed by atoms with Gasteiger partial charge in [-0.15, -0.1) is 0 Å². The Bertz CT molecular complexity index is 2420. The van der Waals surface area contributed by atoms with E-state index in [1.807, 2.05) is 48.5 Å². The number of alkyl carbamates (subject to hydrolysis) is 1. The molecule has 298 valence electrons. The maximum Gasteiger partial charge on any atom is 0.407 e. The number of rotatable bonds is 11. The van der Waals surface area contributed by atoms with Gasteiger partial charge in [0, 0.05) is 25.1 Å². The van der Waals surface area contributed by atoms with Crippen LogP contribution in [0.4, 0.5) is 13.6 Å². The molecular weight excluding hydrogens is 743 g/mol. The van der Waals surface area contributed by atoms with Crippen molar-refractivity contribution in [2.75, 3.05) is 20.2 Å². The van der Waals surface area contributed by atoms with Crippen LogP contribution in [0.1, 0.15) is 67.4 Å². The van der Waals surface area contributed by atoms with Crippen molar-refractivity contribution in [1.82, 2.24) is 35.1 Å². The van der Waals surface area contributed by atoms with E-state index in [0.29, 0.717) is 36.7 Å². The van der Waals surface area contributed by atoms with Crippen molar-refractivity contribution < 1.29 is 27.9 Å². The third-order valence-electron chi connectivity index (χ3n) is 11.2. The summed E-state index contributed by atoms with van der Waals surface area (Å²) >= 11 is 0. The molecule has 4 atom stereocenters. The molecule has 5 N–H and O–H groups in total. The zero-order valence-corrected chi connectivity index (χ0v) is 31.9. The minimum atomic E-state index is -2.64. The molecule has 58 heavy (non-hydrogen) atoms. The normalized spacial score (nSPS) is 17.8. The molecule has 2 saturated heterocycles. The lowest BCUT2D eigenvalue weighted by Gasteiger charge is -2.28. The van der Waals surface area contributed by atoms with Crippen LogP contribution < -0.4 is 11.1 Å². The van der Waals surface area contributed by atoms with E-state index in [1.54, 1.807) is 22.2 Å². The quantitative estimate of drug-likeness (QED) is 0.105. The zero-order chi connectivity index (χ0) is 40.3. The number of fused-ring (bicyclic) bond motifs is 1. The Morgan fingerprint density at radius 1 is 0.759 bits per heavy atom. The number of ether oxygens (including phenoxy) is 1. The molecule has 0 spiro atoms. The molecule has 0 radical (unpaired) electrons. The van der Waals surface area contributed by atoms with E-state index >= 15 is 0 Å². The Labute approximate surface area is 333 Å². The summed E-state index contributed by atoms with van der Waals surface area (Å²) in [5.41, 5.74) is 12.1. The van der Waals surface area contributed by atoms with Crippen molar-refractivity contribution in [3.05, 3.63) is 121 Å². The molecule has 3 amide bonds. The second-order valence-corrected chi connectivity index (χ2v) is 14.8. The number of carbonyl (C=O) groups excluding carboxylic acids is 3. The summed E-state index contributed by atoms with van der Waals surface area (Å²) in [5.74, 6) is 0.618. The van der Waals surface area contributed by atoms with E-state index in [4.69, 9.17) is 15.5 Å². The van der Waals surface area contributed by atoms with Gasteiger partial charge in [-0.1, -0.05) is 78.9 Å². The highest BCUT2D eigenvalue weighted by Gasteiger charge is 2.38. The maximum atomic E-state index is 13.9. The predicted molar refractivity (Wildman–Crippen MR) is 215 cm³/mol. The number of methoxy groups -OCH3 is 1. The number of imidazole rings is 2. The van der Waals surface area contributed by atoms with Gasteiger partial charge in [-0.05, 0) is 70.8 Å². The first-order chi connectivity index (χ1) is 28.2. The summed E-state index contributed by atoms with van der Waals surface area (Å²) in [7, 11) is 1.27. The summed E-state index contributed by atoms with van der Waals surface area (Å²) in [4.78, 5) is 58.4. The second-order valence-electron chi connectivity index (χ2n) is 14.8. The maximum absolute atomic E-state index is 13.9. The van der Waals surface area contributed by atoms with Gasteiger partial charge >= 0.3 is 6.09 Å². The van der Waals surface area contributed by atoms with Crippen LogP contribution in [0.5, 0.6) is 0 Å². The van der Waals surface area contributed by atoms with Crippen LogP contribution in [0.15, 0.2) is 103 Å². The van der Waals surface area contributed by atoms with E-state index in [0.717, 1.165) is 63.7 Å². The fourth-order valence-corrected chi connectivity index (χ4v) is 8.15. The highest BCUT2D eigenvalue weighted by molar-refractivity contribution is 5.91. The monoisotopic (exact) mass is 786 g/mol. The highest BCUT2D eigenvalue weighted by Crippen LogP contribution is 2.36. The average Bonchev–Trinajstić information content (AvgIpc) is 4.09. The molecule has 2 aromatic heterocycles. The number of halogens is 2.